The monoisotopic (exact) mass is 446 g/mol. The van der Waals surface area contributed by atoms with E-state index in [0.717, 1.165) is 38.5 Å². The Morgan fingerprint density at radius 2 is 1.91 bits per heavy atom. The average molecular weight is 447 g/mol. The van der Waals surface area contributed by atoms with E-state index in [1.165, 1.54) is 18.1 Å². The van der Waals surface area contributed by atoms with Crippen molar-refractivity contribution in [2.75, 3.05) is 13.2 Å². The van der Waals surface area contributed by atoms with Crippen LogP contribution >= 0.6 is 0 Å². The molecule has 0 spiro atoms. The largest absolute Gasteiger partial charge is 0.462 e. The summed E-state index contributed by atoms with van der Waals surface area (Å²) < 4.78 is 11.6. The van der Waals surface area contributed by atoms with Crippen molar-refractivity contribution in [3.63, 3.8) is 0 Å². The Morgan fingerprint density at radius 3 is 2.50 bits per heavy atom. The van der Waals surface area contributed by atoms with Crippen molar-refractivity contribution in [2.45, 2.75) is 86.2 Å². The Bertz CT molecular complexity index is 779. The zero-order valence-corrected chi connectivity index (χ0v) is 20.8. The average Bonchev–Trinajstić information content (AvgIpc) is 2.73. The van der Waals surface area contributed by atoms with Gasteiger partial charge in [0.25, 0.3) is 0 Å². The minimum Gasteiger partial charge on any atom is -0.462 e. The lowest BCUT2D eigenvalue weighted by Crippen LogP contribution is -2.58. The second-order valence-corrected chi connectivity index (χ2v) is 10.3. The molecule has 0 amide bonds. The van der Waals surface area contributed by atoms with Crippen LogP contribution in [0.4, 0.5) is 0 Å². The number of allylic oxidation sites excluding steroid dienone is 3. The molecule has 0 radical (unpaired) electrons. The zero-order valence-electron chi connectivity index (χ0n) is 20.8. The van der Waals surface area contributed by atoms with E-state index < -0.39 is 5.41 Å². The summed E-state index contributed by atoms with van der Waals surface area (Å²) in [6.07, 6.45) is 8.83. The van der Waals surface area contributed by atoms with Crippen molar-refractivity contribution in [1.82, 2.24) is 0 Å². The number of aliphatic hydroxyl groups is 1. The molecule has 0 saturated heterocycles. The maximum atomic E-state index is 12.4. The van der Waals surface area contributed by atoms with Crippen LogP contribution in [0, 0.1) is 22.7 Å². The predicted octanol–water partition coefficient (Wildman–Crippen LogP) is 5.54. The number of fused-ring (bicyclic) bond motifs is 1. The fraction of sp³-hybridized carbons (Fsp3) is 0.704. The van der Waals surface area contributed by atoms with Crippen molar-refractivity contribution in [1.29, 1.82) is 0 Å². The Hall–Kier alpha value is -1.88. The summed E-state index contributed by atoms with van der Waals surface area (Å²) >= 11 is 0. The van der Waals surface area contributed by atoms with Crippen LogP contribution in [0.3, 0.4) is 0 Å². The van der Waals surface area contributed by atoms with E-state index in [1.54, 1.807) is 13.0 Å². The van der Waals surface area contributed by atoms with Crippen LogP contribution in [0.25, 0.3) is 0 Å². The first kappa shape index (κ1) is 26.4. The molecule has 0 aliphatic heterocycles. The van der Waals surface area contributed by atoms with Crippen LogP contribution in [0.15, 0.2) is 35.5 Å². The Labute approximate surface area is 193 Å². The van der Waals surface area contributed by atoms with Crippen LogP contribution in [-0.4, -0.2) is 36.4 Å². The van der Waals surface area contributed by atoms with Crippen molar-refractivity contribution in [3.05, 3.63) is 35.5 Å². The van der Waals surface area contributed by atoms with E-state index in [-0.39, 0.29) is 42.6 Å². The maximum absolute atomic E-state index is 12.4. The van der Waals surface area contributed by atoms with Gasteiger partial charge in [0.1, 0.15) is 12.7 Å². The number of hydrogen-bond acceptors (Lipinski definition) is 5. The van der Waals surface area contributed by atoms with Gasteiger partial charge in [-0.1, -0.05) is 43.7 Å². The highest BCUT2D eigenvalue weighted by molar-refractivity contribution is 5.87. The fourth-order valence-corrected chi connectivity index (χ4v) is 6.17. The van der Waals surface area contributed by atoms with Gasteiger partial charge in [0.2, 0.25) is 0 Å². The van der Waals surface area contributed by atoms with Gasteiger partial charge < -0.3 is 14.6 Å². The van der Waals surface area contributed by atoms with E-state index >= 15 is 0 Å². The molecule has 2 aliphatic rings. The van der Waals surface area contributed by atoms with E-state index in [0.29, 0.717) is 11.5 Å². The number of aliphatic hydroxyl groups excluding tert-OH is 1. The lowest BCUT2D eigenvalue weighted by Gasteiger charge is -2.60. The molecule has 5 heteroatoms. The molecule has 0 aromatic rings. The van der Waals surface area contributed by atoms with Gasteiger partial charge in [0.15, 0.2) is 0 Å². The Morgan fingerprint density at radius 1 is 1.22 bits per heavy atom. The third kappa shape index (κ3) is 5.54. The molecule has 0 aromatic heterocycles. The van der Waals surface area contributed by atoms with Crippen LogP contribution in [0.2, 0.25) is 0 Å². The minimum atomic E-state index is -0.461. The van der Waals surface area contributed by atoms with Crippen molar-refractivity contribution in [3.8, 4) is 0 Å². The van der Waals surface area contributed by atoms with Gasteiger partial charge in [-0.2, -0.15) is 0 Å². The van der Waals surface area contributed by atoms with Gasteiger partial charge in [-0.3, -0.25) is 4.79 Å². The summed E-state index contributed by atoms with van der Waals surface area (Å²) in [5, 5.41) is 9.21. The summed E-state index contributed by atoms with van der Waals surface area (Å²) in [6.45, 7) is 16.3. The summed E-state index contributed by atoms with van der Waals surface area (Å²) in [4.78, 5) is 24.4. The SMILES string of the molecule is C=C1CC[C@H]2[C@@](C)(CC[C@@H](OC(C)=O)[C@]2(C)COC(=O)/C(C)=C/C)[C@@H]1CC/C(C)=C/CO. The summed E-state index contributed by atoms with van der Waals surface area (Å²) in [6, 6.07) is 0. The van der Waals surface area contributed by atoms with E-state index in [1.807, 2.05) is 13.0 Å². The number of hydrogen-bond donors (Lipinski definition) is 1. The van der Waals surface area contributed by atoms with Gasteiger partial charge in [0, 0.05) is 17.9 Å². The van der Waals surface area contributed by atoms with Crippen LogP contribution in [0.5, 0.6) is 0 Å². The normalized spacial score (nSPS) is 33.5. The number of carbonyl (C=O) groups is 2. The number of carbonyl (C=O) groups excluding carboxylic acids is 2. The maximum Gasteiger partial charge on any atom is 0.333 e. The summed E-state index contributed by atoms with van der Waals surface area (Å²) in [5.41, 5.74) is 2.59. The van der Waals surface area contributed by atoms with Crippen molar-refractivity contribution in [2.24, 2.45) is 22.7 Å². The highest BCUT2D eigenvalue weighted by atomic mass is 16.6. The molecular formula is C27H42O5. The van der Waals surface area contributed by atoms with Crippen LogP contribution in [-0.2, 0) is 19.1 Å². The third-order valence-corrected chi connectivity index (χ3v) is 8.16. The van der Waals surface area contributed by atoms with Gasteiger partial charge >= 0.3 is 11.9 Å². The number of rotatable bonds is 8. The third-order valence-electron chi connectivity index (χ3n) is 8.16. The second kappa shape index (κ2) is 10.8. The molecule has 2 aliphatic carbocycles. The summed E-state index contributed by atoms with van der Waals surface area (Å²) in [7, 11) is 0. The Kier molecular flexibility index (Phi) is 8.92. The first-order valence-corrected chi connectivity index (χ1v) is 11.9. The van der Waals surface area contributed by atoms with Crippen molar-refractivity contribution >= 4 is 11.9 Å². The quantitative estimate of drug-likeness (QED) is 0.301. The molecule has 32 heavy (non-hydrogen) atoms. The van der Waals surface area contributed by atoms with Gasteiger partial charge in [-0.15, -0.1) is 0 Å². The molecule has 2 rings (SSSR count). The lowest BCUT2D eigenvalue weighted by molar-refractivity contribution is -0.191. The molecule has 0 heterocycles. The van der Waals surface area contributed by atoms with Gasteiger partial charge in [-0.25, -0.2) is 4.79 Å². The predicted molar refractivity (Wildman–Crippen MR) is 127 cm³/mol. The molecule has 5 nitrogen and oxygen atoms in total. The molecule has 180 valence electrons. The van der Waals surface area contributed by atoms with Crippen molar-refractivity contribution < 1.29 is 24.2 Å². The second-order valence-electron chi connectivity index (χ2n) is 10.3. The summed E-state index contributed by atoms with van der Waals surface area (Å²) in [5.74, 6) is -0.0234. The molecule has 5 atom stereocenters. The van der Waals surface area contributed by atoms with Gasteiger partial charge in [-0.05, 0) is 76.5 Å². The smallest absolute Gasteiger partial charge is 0.333 e. The van der Waals surface area contributed by atoms with Crippen LogP contribution < -0.4 is 0 Å². The molecular weight excluding hydrogens is 404 g/mol. The highest BCUT2D eigenvalue weighted by Crippen LogP contribution is 2.62. The first-order chi connectivity index (χ1) is 15.0. The number of esters is 2. The standard InChI is InChI=1S/C27H42O5/c1-8-19(3)25(30)31-17-27(7)23-12-10-20(4)22(11-9-18(2)14-16-28)26(23,6)15-13-24(27)32-21(5)29/h8,14,22-24,28H,4,9-13,15-17H2,1-3,5-7H3/b18-14+,19-8+/t22-,23+,24-,26+,27-/m1/s1. The lowest BCUT2D eigenvalue weighted by atomic mass is 9.46. The molecule has 2 saturated carbocycles. The molecule has 0 aromatic carbocycles. The first-order valence-electron chi connectivity index (χ1n) is 11.9. The minimum absolute atomic E-state index is 0.0116. The van der Waals surface area contributed by atoms with Crippen LogP contribution in [0.1, 0.15) is 80.1 Å². The van der Waals surface area contributed by atoms with E-state index in [9.17, 15) is 14.7 Å². The Balaban J connectivity index is 2.36. The molecule has 0 bridgehead atoms. The topological polar surface area (TPSA) is 72.8 Å². The highest BCUT2D eigenvalue weighted by Gasteiger charge is 2.59. The molecule has 1 N–H and O–H groups in total. The number of ether oxygens (including phenoxy) is 2. The van der Waals surface area contributed by atoms with Gasteiger partial charge in [0.05, 0.1) is 6.61 Å². The molecule has 2 fully saturated rings. The van der Waals surface area contributed by atoms with E-state index in [2.05, 4.69) is 27.4 Å². The molecule has 0 unspecified atom stereocenters. The zero-order chi connectivity index (χ0) is 24.1. The fourth-order valence-electron chi connectivity index (χ4n) is 6.17. The van der Waals surface area contributed by atoms with E-state index in [4.69, 9.17) is 9.47 Å².